The average Bonchev–Trinajstić information content (AvgIpc) is 2.29. The van der Waals surface area contributed by atoms with Crippen LogP contribution in [0.15, 0.2) is 24.7 Å². The first-order valence-corrected chi connectivity index (χ1v) is 5.21. The summed E-state index contributed by atoms with van der Waals surface area (Å²) in [5.41, 5.74) is 0. The quantitative estimate of drug-likeness (QED) is 0.497. The lowest BCUT2D eigenvalue weighted by molar-refractivity contribution is -0.323. The lowest BCUT2D eigenvalue weighted by Crippen LogP contribution is -2.57. The molecule has 0 atom stereocenters. The van der Waals surface area contributed by atoms with Gasteiger partial charge >= 0.3 is 17.8 Å². The molecule has 0 saturated heterocycles. The molecule has 0 N–H and O–H groups in total. The van der Waals surface area contributed by atoms with E-state index < -0.39 is 31.0 Å². The predicted octanol–water partition coefficient (Wildman–Crippen LogP) is 3.99. The van der Waals surface area contributed by atoms with E-state index >= 15 is 0 Å². The van der Waals surface area contributed by atoms with Gasteiger partial charge in [0.25, 0.3) is 0 Å². The van der Waals surface area contributed by atoms with Gasteiger partial charge in [0, 0.05) is 0 Å². The molecule has 0 aromatic rings. The topological polar surface area (TPSA) is 18.5 Å². The first-order chi connectivity index (χ1) is 8.62. The summed E-state index contributed by atoms with van der Waals surface area (Å²) in [4.78, 5) is 0. The standard InChI is InChI=1S/C11H14F6O2/c1-3-5-18-7-9(12,13)11(16,17)10(14,15)8-19-6-4-2/h3-6H,7-8H2,1-2H3/b5-3+,6-4+. The minimum atomic E-state index is -5.59. The lowest BCUT2D eigenvalue weighted by Gasteiger charge is -2.31. The molecule has 0 rings (SSSR count). The normalized spacial score (nSPS) is 14.3. The number of hydrogen-bond acceptors (Lipinski definition) is 2. The molecular weight excluding hydrogens is 278 g/mol. The highest BCUT2D eigenvalue weighted by Crippen LogP contribution is 2.45. The van der Waals surface area contributed by atoms with E-state index in [1.807, 2.05) is 0 Å². The second-order valence-corrected chi connectivity index (χ2v) is 3.54. The summed E-state index contributed by atoms with van der Waals surface area (Å²) < 4.78 is 86.6. The van der Waals surface area contributed by atoms with Gasteiger partial charge in [-0.1, -0.05) is 12.2 Å². The van der Waals surface area contributed by atoms with Crippen molar-refractivity contribution in [1.29, 1.82) is 0 Å². The van der Waals surface area contributed by atoms with Crippen molar-refractivity contribution in [1.82, 2.24) is 0 Å². The number of halogens is 6. The fraction of sp³-hybridized carbons (Fsp3) is 0.636. The van der Waals surface area contributed by atoms with Crippen LogP contribution in [0.5, 0.6) is 0 Å². The Bertz CT molecular complexity index is 295. The van der Waals surface area contributed by atoms with E-state index in [0.717, 1.165) is 12.2 Å². The van der Waals surface area contributed by atoms with Crippen LogP contribution in [0.4, 0.5) is 26.3 Å². The molecule has 0 radical (unpaired) electrons. The van der Waals surface area contributed by atoms with E-state index in [-0.39, 0.29) is 0 Å². The third kappa shape index (κ3) is 4.36. The second kappa shape index (κ2) is 6.72. The van der Waals surface area contributed by atoms with Crippen molar-refractivity contribution < 1.29 is 35.8 Å². The summed E-state index contributed by atoms with van der Waals surface area (Å²) in [6.07, 6.45) is 3.72. The zero-order valence-corrected chi connectivity index (χ0v) is 10.3. The molecule has 2 nitrogen and oxygen atoms in total. The Labute approximate surface area is 106 Å². The molecule has 8 heteroatoms. The van der Waals surface area contributed by atoms with Crippen LogP contribution in [-0.2, 0) is 9.47 Å². The van der Waals surface area contributed by atoms with Crippen molar-refractivity contribution in [2.45, 2.75) is 31.6 Å². The van der Waals surface area contributed by atoms with Gasteiger partial charge in [-0.25, -0.2) is 0 Å². The molecule has 0 unspecified atom stereocenters. The molecule has 0 aromatic carbocycles. The monoisotopic (exact) mass is 292 g/mol. The Morgan fingerprint density at radius 3 is 1.32 bits per heavy atom. The molecule has 0 spiro atoms. The van der Waals surface area contributed by atoms with Crippen molar-refractivity contribution in [3.05, 3.63) is 24.7 Å². The highest BCUT2D eigenvalue weighted by Gasteiger charge is 2.72. The molecule has 0 saturated carbocycles. The summed E-state index contributed by atoms with van der Waals surface area (Å²) in [6, 6.07) is 0. The summed E-state index contributed by atoms with van der Waals surface area (Å²) in [6.45, 7) is -0.946. The average molecular weight is 292 g/mol. The van der Waals surface area contributed by atoms with Crippen molar-refractivity contribution in [3.63, 3.8) is 0 Å². The number of hydrogen-bond donors (Lipinski definition) is 0. The van der Waals surface area contributed by atoms with Gasteiger partial charge in [0.1, 0.15) is 0 Å². The lowest BCUT2D eigenvalue weighted by atomic mass is 10.1. The van der Waals surface area contributed by atoms with Crippen LogP contribution in [0.25, 0.3) is 0 Å². The van der Waals surface area contributed by atoms with Gasteiger partial charge in [0.15, 0.2) is 13.2 Å². The zero-order chi connectivity index (χ0) is 15.2. The van der Waals surface area contributed by atoms with E-state index in [4.69, 9.17) is 0 Å². The number of allylic oxidation sites excluding steroid dienone is 2. The van der Waals surface area contributed by atoms with E-state index in [9.17, 15) is 26.3 Å². The first kappa shape index (κ1) is 17.7. The van der Waals surface area contributed by atoms with Crippen LogP contribution < -0.4 is 0 Å². The highest BCUT2D eigenvalue weighted by atomic mass is 19.3. The third-order valence-electron chi connectivity index (χ3n) is 1.91. The fourth-order valence-corrected chi connectivity index (χ4v) is 0.947. The largest absolute Gasteiger partial charge is 0.495 e. The second-order valence-electron chi connectivity index (χ2n) is 3.54. The molecule has 0 aliphatic heterocycles. The summed E-state index contributed by atoms with van der Waals surface area (Å²) >= 11 is 0. The fourth-order valence-electron chi connectivity index (χ4n) is 0.947. The maximum Gasteiger partial charge on any atom is 0.378 e. The van der Waals surface area contributed by atoms with Gasteiger partial charge in [0.2, 0.25) is 0 Å². The molecule has 0 amide bonds. The van der Waals surface area contributed by atoms with E-state index in [0.29, 0.717) is 12.5 Å². The Hall–Kier alpha value is -1.34. The van der Waals surface area contributed by atoms with Crippen molar-refractivity contribution in [2.24, 2.45) is 0 Å². The highest BCUT2D eigenvalue weighted by molar-refractivity contribution is 4.97. The molecule has 0 aliphatic rings. The smallest absolute Gasteiger partial charge is 0.378 e. The molecule has 112 valence electrons. The van der Waals surface area contributed by atoms with Crippen LogP contribution in [0, 0.1) is 0 Å². The predicted molar refractivity (Wildman–Crippen MR) is 56.4 cm³/mol. The zero-order valence-electron chi connectivity index (χ0n) is 10.3. The maximum atomic E-state index is 13.1. The third-order valence-corrected chi connectivity index (χ3v) is 1.91. The van der Waals surface area contributed by atoms with Gasteiger partial charge in [-0.2, -0.15) is 26.3 Å². The van der Waals surface area contributed by atoms with E-state index in [2.05, 4.69) is 9.47 Å². The summed E-state index contributed by atoms with van der Waals surface area (Å²) in [5, 5.41) is 0. The van der Waals surface area contributed by atoms with Crippen molar-refractivity contribution >= 4 is 0 Å². The van der Waals surface area contributed by atoms with Gasteiger partial charge < -0.3 is 9.47 Å². The molecule has 0 fully saturated rings. The van der Waals surface area contributed by atoms with Crippen LogP contribution in [0.3, 0.4) is 0 Å². The summed E-state index contributed by atoms with van der Waals surface area (Å²) in [7, 11) is 0. The minimum absolute atomic E-state index is 0.707. The summed E-state index contributed by atoms with van der Waals surface area (Å²) in [5.74, 6) is -15.7. The Kier molecular flexibility index (Phi) is 6.24. The SMILES string of the molecule is C/C=C/OCC(F)(F)C(F)(F)C(F)(F)CO/C=C/C. The van der Waals surface area contributed by atoms with Gasteiger partial charge in [-0.05, 0) is 13.8 Å². The van der Waals surface area contributed by atoms with Gasteiger partial charge in [0.05, 0.1) is 12.5 Å². The van der Waals surface area contributed by atoms with Gasteiger partial charge in [-0.3, -0.25) is 0 Å². The molecule has 19 heavy (non-hydrogen) atoms. The van der Waals surface area contributed by atoms with Crippen LogP contribution in [0.1, 0.15) is 13.8 Å². The number of alkyl halides is 6. The Morgan fingerprint density at radius 2 is 1.05 bits per heavy atom. The molecule has 0 aliphatic carbocycles. The van der Waals surface area contributed by atoms with Crippen LogP contribution in [0.2, 0.25) is 0 Å². The van der Waals surface area contributed by atoms with Gasteiger partial charge in [-0.15, -0.1) is 0 Å². The Balaban J connectivity index is 4.88. The molecular formula is C11H14F6O2. The molecule has 0 aromatic heterocycles. The number of ether oxygens (including phenoxy) is 2. The minimum Gasteiger partial charge on any atom is -0.495 e. The maximum absolute atomic E-state index is 13.1. The van der Waals surface area contributed by atoms with Crippen LogP contribution >= 0.6 is 0 Å². The van der Waals surface area contributed by atoms with E-state index in [1.54, 1.807) is 0 Å². The van der Waals surface area contributed by atoms with E-state index in [1.165, 1.54) is 13.8 Å². The first-order valence-electron chi connectivity index (χ1n) is 5.21. The number of rotatable bonds is 8. The molecule has 0 bridgehead atoms. The Morgan fingerprint density at radius 1 is 0.737 bits per heavy atom. The molecule has 0 heterocycles. The van der Waals surface area contributed by atoms with Crippen molar-refractivity contribution in [3.8, 4) is 0 Å². The van der Waals surface area contributed by atoms with Crippen molar-refractivity contribution in [2.75, 3.05) is 13.2 Å². The van der Waals surface area contributed by atoms with Crippen LogP contribution in [-0.4, -0.2) is 31.0 Å².